The first kappa shape index (κ1) is 5.04. The molecular formula is C5H9NS. The predicted molar refractivity (Wildman–Crippen MR) is 34.0 cm³/mol. The van der Waals surface area contributed by atoms with Gasteiger partial charge in [0.1, 0.15) is 0 Å². The highest BCUT2D eigenvalue weighted by Gasteiger charge is 1.96. The molecule has 40 valence electrons. The van der Waals surface area contributed by atoms with E-state index in [9.17, 15) is 0 Å². The van der Waals surface area contributed by atoms with E-state index in [0.29, 0.717) is 0 Å². The Morgan fingerprint density at radius 2 is 2.57 bits per heavy atom. The third kappa shape index (κ3) is 1.43. The lowest BCUT2D eigenvalue weighted by Gasteiger charge is -2.05. The molecule has 0 aromatic rings. The van der Waals surface area contributed by atoms with Crippen molar-refractivity contribution in [3.8, 4) is 0 Å². The van der Waals surface area contributed by atoms with Crippen molar-refractivity contribution >= 4 is 11.8 Å². The van der Waals surface area contributed by atoms with E-state index in [4.69, 9.17) is 5.73 Å². The van der Waals surface area contributed by atoms with Gasteiger partial charge >= 0.3 is 0 Å². The molecule has 0 saturated heterocycles. The predicted octanol–water partition coefficient (Wildman–Crippen LogP) is 1.31. The van der Waals surface area contributed by atoms with Crippen molar-refractivity contribution in [1.29, 1.82) is 0 Å². The molecule has 0 aromatic carbocycles. The Kier molecular flexibility index (Phi) is 1.63. The number of hydrogen-bond donors (Lipinski definition) is 1. The van der Waals surface area contributed by atoms with Crippen LogP contribution in [0.15, 0.2) is 11.1 Å². The van der Waals surface area contributed by atoms with Gasteiger partial charge in [0.05, 0.1) is 0 Å². The number of thioether (sulfide) groups is 1. The van der Waals surface area contributed by atoms with Crippen molar-refractivity contribution in [2.45, 2.75) is 12.8 Å². The number of rotatable bonds is 0. The minimum absolute atomic E-state index is 1.05. The van der Waals surface area contributed by atoms with Crippen molar-refractivity contribution in [1.82, 2.24) is 0 Å². The molecule has 0 radical (unpaired) electrons. The molecule has 1 nitrogen and oxygen atoms in total. The van der Waals surface area contributed by atoms with Crippen molar-refractivity contribution in [2.24, 2.45) is 5.73 Å². The van der Waals surface area contributed by atoms with Crippen LogP contribution in [0.4, 0.5) is 0 Å². The normalized spacial score (nSPS) is 21.4. The maximum absolute atomic E-state index is 5.48. The minimum atomic E-state index is 1.05. The molecule has 1 heterocycles. The molecule has 0 atom stereocenters. The van der Waals surface area contributed by atoms with E-state index < -0.39 is 0 Å². The summed E-state index contributed by atoms with van der Waals surface area (Å²) in [6.45, 7) is 0. The van der Waals surface area contributed by atoms with Crippen LogP contribution in [0, 0.1) is 0 Å². The van der Waals surface area contributed by atoms with Gasteiger partial charge in [-0.3, -0.25) is 0 Å². The fourth-order valence-electron chi connectivity index (χ4n) is 0.585. The first-order valence-corrected chi connectivity index (χ1v) is 3.50. The van der Waals surface area contributed by atoms with Gasteiger partial charge in [0, 0.05) is 5.70 Å². The van der Waals surface area contributed by atoms with Crippen LogP contribution in [0.5, 0.6) is 0 Å². The zero-order chi connectivity index (χ0) is 5.11. The SMILES string of the molecule is NC1=CSCCC1. The summed E-state index contributed by atoms with van der Waals surface area (Å²) in [6, 6.07) is 0. The van der Waals surface area contributed by atoms with Crippen LogP contribution in [0.2, 0.25) is 0 Å². The fourth-order valence-corrected chi connectivity index (χ4v) is 1.35. The van der Waals surface area contributed by atoms with Crippen LogP contribution >= 0.6 is 11.8 Å². The molecule has 1 rings (SSSR count). The zero-order valence-corrected chi connectivity index (χ0v) is 5.00. The van der Waals surface area contributed by atoms with Gasteiger partial charge in [-0.2, -0.15) is 0 Å². The highest BCUT2D eigenvalue weighted by Crippen LogP contribution is 2.16. The van der Waals surface area contributed by atoms with Crippen molar-refractivity contribution in [3.63, 3.8) is 0 Å². The van der Waals surface area contributed by atoms with Crippen molar-refractivity contribution in [3.05, 3.63) is 11.1 Å². The third-order valence-corrected chi connectivity index (χ3v) is 1.96. The number of nitrogens with two attached hydrogens (primary N) is 1. The van der Waals surface area contributed by atoms with Gasteiger partial charge in [-0.15, -0.1) is 11.8 Å². The third-order valence-electron chi connectivity index (χ3n) is 0.962. The van der Waals surface area contributed by atoms with Gasteiger partial charge in [0.2, 0.25) is 0 Å². The average molecular weight is 115 g/mol. The van der Waals surface area contributed by atoms with Gasteiger partial charge in [-0.05, 0) is 24.0 Å². The van der Waals surface area contributed by atoms with Gasteiger partial charge < -0.3 is 5.73 Å². The molecule has 7 heavy (non-hydrogen) atoms. The van der Waals surface area contributed by atoms with Crippen LogP contribution in [0.1, 0.15) is 12.8 Å². The van der Waals surface area contributed by atoms with E-state index in [1.807, 2.05) is 17.2 Å². The Morgan fingerprint density at radius 1 is 1.71 bits per heavy atom. The van der Waals surface area contributed by atoms with Gasteiger partial charge in [-0.1, -0.05) is 0 Å². The van der Waals surface area contributed by atoms with Crippen molar-refractivity contribution < 1.29 is 0 Å². The summed E-state index contributed by atoms with van der Waals surface area (Å²) < 4.78 is 0. The van der Waals surface area contributed by atoms with Gasteiger partial charge in [0.25, 0.3) is 0 Å². The molecule has 0 spiro atoms. The van der Waals surface area contributed by atoms with E-state index in [-0.39, 0.29) is 0 Å². The standard InChI is InChI=1S/C5H9NS/c6-5-2-1-3-7-4-5/h4H,1-3,6H2. The lowest BCUT2D eigenvalue weighted by molar-refractivity contribution is 0.897. The first-order valence-electron chi connectivity index (χ1n) is 2.46. The second kappa shape index (κ2) is 2.26. The Balaban J connectivity index is 2.40. The second-order valence-electron chi connectivity index (χ2n) is 1.67. The Labute approximate surface area is 48.0 Å². The molecule has 0 amide bonds. The highest BCUT2D eigenvalue weighted by atomic mass is 32.2. The highest BCUT2D eigenvalue weighted by molar-refractivity contribution is 8.02. The van der Waals surface area contributed by atoms with E-state index in [0.717, 1.165) is 12.1 Å². The Morgan fingerprint density at radius 3 is 2.86 bits per heavy atom. The van der Waals surface area contributed by atoms with E-state index >= 15 is 0 Å². The lowest BCUT2D eigenvalue weighted by Crippen LogP contribution is -2.00. The molecule has 0 unspecified atom stereocenters. The monoisotopic (exact) mass is 115 g/mol. The summed E-state index contributed by atoms with van der Waals surface area (Å²) in [5.74, 6) is 1.25. The van der Waals surface area contributed by atoms with Crippen LogP contribution < -0.4 is 5.73 Å². The average Bonchev–Trinajstić information content (AvgIpc) is 1.69. The lowest BCUT2D eigenvalue weighted by atomic mass is 10.3. The topological polar surface area (TPSA) is 26.0 Å². The maximum Gasteiger partial charge on any atom is 0.0145 e. The molecule has 1 aliphatic rings. The summed E-state index contributed by atoms with van der Waals surface area (Å²) in [5, 5.41) is 2.05. The first-order chi connectivity index (χ1) is 3.39. The number of hydrogen-bond acceptors (Lipinski definition) is 2. The van der Waals surface area contributed by atoms with Gasteiger partial charge in [-0.25, -0.2) is 0 Å². The summed E-state index contributed by atoms with van der Waals surface area (Å²) in [4.78, 5) is 0. The molecule has 0 saturated carbocycles. The van der Waals surface area contributed by atoms with Crippen LogP contribution in [0.25, 0.3) is 0 Å². The Hall–Kier alpha value is -0.110. The second-order valence-corrected chi connectivity index (χ2v) is 2.64. The molecule has 0 aliphatic carbocycles. The summed E-state index contributed by atoms with van der Waals surface area (Å²) in [6.07, 6.45) is 2.36. The Bertz CT molecular complexity index is 88.1. The number of allylic oxidation sites excluding steroid dienone is 1. The smallest absolute Gasteiger partial charge is 0.0145 e. The molecule has 0 bridgehead atoms. The van der Waals surface area contributed by atoms with E-state index in [1.54, 1.807) is 0 Å². The summed E-state index contributed by atoms with van der Waals surface area (Å²) in [7, 11) is 0. The largest absolute Gasteiger partial charge is 0.402 e. The molecule has 2 N–H and O–H groups in total. The molecular weight excluding hydrogens is 106 g/mol. The zero-order valence-electron chi connectivity index (χ0n) is 4.18. The van der Waals surface area contributed by atoms with Crippen molar-refractivity contribution in [2.75, 3.05) is 5.75 Å². The summed E-state index contributed by atoms with van der Waals surface area (Å²) in [5.41, 5.74) is 6.53. The fraction of sp³-hybridized carbons (Fsp3) is 0.600. The van der Waals surface area contributed by atoms with E-state index in [1.165, 1.54) is 12.2 Å². The summed E-state index contributed by atoms with van der Waals surface area (Å²) >= 11 is 1.82. The van der Waals surface area contributed by atoms with Gasteiger partial charge in [0.15, 0.2) is 0 Å². The molecule has 0 fully saturated rings. The molecule has 2 heteroatoms. The van der Waals surface area contributed by atoms with Crippen LogP contribution in [0.3, 0.4) is 0 Å². The van der Waals surface area contributed by atoms with Crippen LogP contribution in [-0.2, 0) is 0 Å². The molecule has 0 aromatic heterocycles. The minimum Gasteiger partial charge on any atom is -0.402 e. The maximum atomic E-state index is 5.48. The molecule has 1 aliphatic heterocycles. The van der Waals surface area contributed by atoms with E-state index in [2.05, 4.69) is 0 Å². The quantitative estimate of drug-likeness (QED) is 0.515. The van der Waals surface area contributed by atoms with Crippen LogP contribution in [-0.4, -0.2) is 5.75 Å².